The fourth-order valence-corrected chi connectivity index (χ4v) is 7.75. The minimum atomic E-state index is -0.749. The summed E-state index contributed by atoms with van der Waals surface area (Å²) in [5, 5.41) is 14.7. The molecule has 2 fully saturated rings. The van der Waals surface area contributed by atoms with Gasteiger partial charge in [-0.1, -0.05) is 61.1 Å². The molecule has 4 heterocycles. The standard InChI is InChI=1S/C24H26N2O3.C13H18N2.C11H10O4.CH4/c1-23(2,3)21-12-15-11-17(6-7-18(15)25-21)26(4)22(27)24(9-10-24)16-5-8-19-20(13-16)29-14-28-19;1-13(2,3)12-8-9-7-10(14-4)5-6-11(9)15-12;12-10(13)11(3-4-11)7-1-2-8-9(5-7)15-6-14-8;/h5-8,11-13,25H,9-10,14H2,1-4H3;5-8,14-15H,1-4H3;1-2,5H,3-4,6H2,(H,12,13);1H4. The number of benzene rings is 4. The van der Waals surface area contributed by atoms with Gasteiger partial charge in [0.05, 0.1) is 10.8 Å². The number of nitrogens with one attached hydrogen (secondary N) is 3. The third-order valence-electron chi connectivity index (χ3n) is 12.0. The van der Waals surface area contributed by atoms with Gasteiger partial charge in [0.15, 0.2) is 23.0 Å². The van der Waals surface area contributed by atoms with Crippen LogP contribution in [0.5, 0.6) is 23.0 Å². The number of anilines is 2. The van der Waals surface area contributed by atoms with Crippen LogP contribution in [0.25, 0.3) is 21.8 Å². The summed E-state index contributed by atoms with van der Waals surface area (Å²) in [6, 6.07) is 28.2. The van der Waals surface area contributed by atoms with Crippen LogP contribution < -0.4 is 29.2 Å². The van der Waals surface area contributed by atoms with Gasteiger partial charge in [0.25, 0.3) is 0 Å². The van der Waals surface area contributed by atoms with Crippen molar-refractivity contribution >= 4 is 45.1 Å². The van der Waals surface area contributed by atoms with Gasteiger partial charge in [-0.2, -0.15) is 0 Å². The Labute approximate surface area is 352 Å². The van der Waals surface area contributed by atoms with Crippen LogP contribution in [-0.4, -0.2) is 54.6 Å². The Morgan fingerprint density at radius 1 is 0.633 bits per heavy atom. The van der Waals surface area contributed by atoms with E-state index in [9.17, 15) is 9.59 Å². The Hall–Kier alpha value is -6.10. The third-order valence-corrected chi connectivity index (χ3v) is 12.0. The maximum absolute atomic E-state index is 13.5. The number of hydrogen-bond acceptors (Lipinski definition) is 7. The van der Waals surface area contributed by atoms with Gasteiger partial charge in [-0.25, -0.2) is 0 Å². The number of carboxylic acids is 1. The van der Waals surface area contributed by atoms with Gasteiger partial charge in [-0.3, -0.25) is 9.59 Å². The molecule has 2 aromatic heterocycles. The van der Waals surface area contributed by atoms with Gasteiger partial charge in [0, 0.05) is 69.5 Å². The highest BCUT2D eigenvalue weighted by molar-refractivity contribution is 6.04. The Morgan fingerprint density at radius 2 is 1.10 bits per heavy atom. The van der Waals surface area contributed by atoms with Crippen LogP contribution in [-0.2, 0) is 31.2 Å². The predicted octanol–water partition coefficient (Wildman–Crippen LogP) is 10.6. The molecule has 0 spiro atoms. The molecule has 6 aromatic rings. The minimum absolute atomic E-state index is 0. The van der Waals surface area contributed by atoms with Crippen molar-refractivity contribution in [2.75, 3.05) is 37.9 Å². The van der Waals surface area contributed by atoms with Crippen molar-refractivity contribution in [2.45, 2.75) is 96.3 Å². The number of likely N-dealkylation sites (N-methyl/N-ethyl adjacent to an activating group) is 1. The SMILES string of the molecule is C.CN(C(=O)C1(c2ccc3c(c2)OCO3)CC1)c1ccc2[nH]c(C(C)(C)C)cc2c1.CNc1ccc2[nH]c(C(C)(C)C)cc2c1.O=C(O)C1(c2ccc3c(c2)OCO3)CC1. The number of H-pyrrole nitrogens is 2. The summed E-state index contributed by atoms with van der Waals surface area (Å²) in [6.07, 6.45) is 3.14. The molecule has 60 heavy (non-hydrogen) atoms. The number of carbonyl (C=O) groups excluding carboxylic acids is 1. The van der Waals surface area contributed by atoms with Gasteiger partial charge in [-0.05, 0) is 110 Å². The lowest BCUT2D eigenvalue weighted by Gasteiger charge is -2.24. The average Bonchev–Trinajstić information content (AvgIpc) is 3.89. The van der Waals surface area contributed by atoms with E-state index < -0.39 is 16.8 Å². The van der Waals surface area contributed by atoms with Crippen molar-refractivity contribution in [2.24, 2.45) is 0 Å². The summed E-state index contributed by atoms with van der Waals surface area (Å²) in [7, 11) is 3.81. The Morgan fingerprint density at radius 3 is 1.57 bits per heavy atom. The minimum Gasteiger partial charge on any atom is -0.481 e. The Balaban J connectivity index is 0.000000148. The lowest BCUT2D eigenvalue weighted by atomic mass is 9.92. The van der Waals surface area contributed by atoms with Crippen LogP contribution in [0.3, 0.4) is 0 Å². The second kappa shape index (κ2) is 15.5. The maximum Gasteiger partial charge on any atom is 0.314 e. The van der Waals surface area contributed by atoms with Gasteiger partial charge in [-0.15, -0.1) is 0 Å². The molecule has 0 unspecified atom stereocenters. The molecule has 1 amide bonds. The number of ether oxygens (including phenoxy) is 4. The highest BCUT2D eigenvalue weighted by Gasteiger charge is 2.53. The van der Waals surface area contributed by atoms with E-state index in [0.717, 1.165) is 57.7 Å². The first-order valence-electron chi connectivity index (χ1n) is 20.3. The molecule has 2 aliphatic heterocycles. The van der Waals surface area contributed by atoms with E-state index in [-0.39, 0.29) is 37.7 Å². The predicted molar refractivity (Wildman–Crippen MR) is 238 cm³/mol. The zero-order chi connectivity index (χ0) is 41.9. The number of aromatic nitrogens is 2. The number of carboxylic acid groups (broad SMARTS) is 1. The summed E-state index contributed by atoms with van der Waals surface area (Å²) in [4.78, 5) is 33.3. The van der Waals surface area contributed by atoms with Crippen LogP contribution in [0, 0.1) is 0 Å². The first-order chi connectivity index (χ1) is 28.0. The molecular weight excluding hydrogens is 757 g/mol. The van der Waals surface area contributed by atoms with Gasteiger partial charge in [0.2, 0.25) is 19.5 Å². The van der Waals surface area contributed by atoms with Gasteiger partial charge in [0.1, 0.15) is 0 Å². The van der Waals surface area contributed by atoms with E-state index in [0.29, 0.717) is 24.3 Å². The van der Waals surface area contributed by atoms with Crippen LogP contribution in [0.1, 0.15) is 97.2 Å². The van der Waals surface area contributed by atoms with Crippen LogP contribution in [0.4, 0.5) is 11.4 Å². The van der Waals surface area contributed by atoms with E-state index >= 15 is 0 Å². The lowest BCUT2D eigenvalue weighted by Crippen LogP contribution is -2.36. The molecule has 4 aromatic carbocycles. The number of nitrogens with zero attached hydrogens (tertiary/aromatic N) is 1. The monoisotopic (exact) mass is 814 g/mol. The molecule has 0 bridgehead atoms. The molecule has 4 N–H and O–H groups in total. The molecule has 0 saturated heterocycles. The number of hydrogen-bond donors (Lipinski definition) is 4. The van der Waals surface area contributed by atoms with E-state index in [1.165, 1.54) is 22.3 Å². The fraction of sp³-hybridized carbons (Fsp3) is 0.388. The number of carbonyl (C=O) groups is 2. The third kappa shape index (κ3) is 7.97. The largest absolute Gasteiger partial charge is 0.481 e. The van der Waals surface area contributed by atoms with E-state index in [1.54, 1.807) is 17.0 Å². The quantitative estimate of drug-likeness (QED) is 0.130. The number of amides is 1. The lowest BCUT2D eigenvalue weighted by molar-refractivity contribution is -0.140. The zero-order valence-corrected chi connectivity index (χ0v) is 35.2. The van der Waals surface area contributed by atoms with Crippen LogP contribution in [0.15, 0.2) is 84.9 Å². The highest BCUT2D eigenvalue weighted by atomic mass is 16.7. The molecule has 316 valence electrons. The Kier molecular flexibility index (Phi) is 10.9. The number of aliphatic carboxylic acids is 1. The smallest absolute Gasteiger partial charge is 0.314 e. The zero-order valence-electron chi connectivity index (χ0n) is 35.2. The summed E-state index contributed by atoms with van der Waals surface area (Å²) in [5.41, 5.74) is 7.78. The summed E-state index contributed by atoms with van der Waals surface area (Å²) in [6.45, 7) is 13.7. The summed E-state index contributed by atoms with van der Waals surface area (Å²) >= 11 is 0. The molecule has 10 rings (SSSR count). The molecular formula is C49H58N4O7. The second-order valence-corrected chi connectivity index (χ2v) is 18.2. The number of fused-ring (bicyclic) bond motifs is 4. The number of rotatable bonds is 6. The van der Waals surface area contributed by atoms with Crippen molar-refractivity contribution in [1.29, 1.82) is 0 Å². The topological polar surface area (TPSA) is 138 Å². The second-order valence-electron chi connectivity index (χ2n) is 18.2. The molecule has 11 heteroatoms. The molecule has 4 aliphatic rings. The molecule has 2 aliphatic carbocycles. The molecule has 0 atom stereocenters. The summed E-state index contributed by atoms with van der Waals surface area (Å²) < 4.78 is 21.3. The first kappa shape index (κ1) is 42.0. The van der Waals surface area contributed by atoms with Gasteiger partial charge < -0.3 is 44.2 Å². The van der Waals surface area contributed by atoms with Crippen LogP contribution >= 0.6 is 0 Å². The maximum atomic E-state index is 13.5. The van der Waals surface area contributed by atoms with Crippen molar-refractivity contribution in [3.63, 3.8) is 0 Å². The summed E-state index contributed by atoms with van der Waals surface area (Å²) in [5.74, 6) is 2.20. The van der Waals surface area contributed by atoms with Crippen molar-refractivity contribution in [3.05, 3.63) is 107 Å². The number of aromatic amines is 2. The van der Waals surface area contributed by atoms with Crippen molar-refractivity contribution < 1.29 is 33.6 Å². The van der Waals surface area contributed by atoms with E-state index in [1.807, 2.05) is 44.4 Å². The molecule has 0 radical (unpaired) electrons. The fourth-order valence-electron chi connectivity index (χ4n) is 7.75. The van der Waals surface area contributed by atoms with Crippen LogP contribution in [0.2, 0.25) is 0 Å². The first-order valence-corrected chi connectivity index (χ1v) is 20.3. The Bertz CT molecular complexity index is 2560. The van der Waals surface area contributed by atoms with E-state index in [4.69, 9.17) is 24.1 Å². The highest BCUT2D eigenvalue weighted by Crippen LogP contribution is 2.52. The molecule has 2 saturated carbocycles. The van der Waals surface area contributed by atoms with Gasteiger partial charge >= 0.3 is 5.97 Å². The van der Waals surface area contributed by atoms with Crippen molar-refractivity contribution in [3.8, 4) is 23.0 Å². The normalized spacial score (nSPS) is 16.1. The van der Waals surface area contributed by atoms with E-state index in [2.05, 4.69) is 99.3 Å². The average molecular weight is 815 g/mol. The van der Waals surface area contributed by atoms with Crippen molar-refractivity contribution in [1.82, 2.24) is 9.97 Å². The molecule has 11 nitrogen and oxygen atoms in total.